The zero-order valence-corrected chi connectivity index (χ0v) is 17.2. The molecule has 1 aliphatic rings. The quantitative estimate of drug-likeness (QED) is 0.545. The Morgan fingerprint density at radius 3 is 2.77 bits per heavy atom. The molecule has 0 atom stereocenters. The smallest absolute Gasteiger partial charge is 0.283 e. The minimum absolute atomic E-state index is 0.0107. The molecule has 0 radical (unpaired) electrons. The van der Waals surface area contributed by atoms with Gasteiger partial charge in [0.25, 0.3) is 12.3 Å². The van der Waals surface area contributed by atoms with Gasteiger partial charge in [0.2, 0.25) is 5.91 Å². The van der Waals surface area contributed by atoms with Crippen molar-refractivity contribution in [2.75, 3.05) is 5.32 Å². The van der Waals surface area contributed by atoms with Crippen LogP contribution in [0.2, 0.25) is 5.02 Å². The summed E-state index contributed by atoms with van der Waals surface area (Å²) in [7, 11) is 1.60. The zero-order chi connectivity index (χ0) is 22.1. The van der Waals surface area contributed by atoms with Crippen LogP contribution in [-0.2, 0) is 24.9 Å². The van der Waals surface area contributed by atoms with Gasteiger partial charge in [0, 0.05) is 19.2 Å². The highest BCUT2D eigenvalue weighted by Gasteiger charge is 2.34. The maximum Gasteiger partial charge on any atom is 0.283 e. The number of rotatable bonds is 8. The number of hydrogen-bond acceptors (Lipinski definition) is 5. The lowest BCUT2D eigenvalue weighted by Gasteiger charge is -2.08. The summed E-state index contributed by atoms with van der Waals surface area (Å²) in [5.41, 5.74) is 0.104. The lowest BCUT2D eigenvalue weighted by molar-refractivity contribution is -0.117. The number of alkyl halides is 2. The predicted molar refractivity (Wildman–Crippen MR) is 106 cm³/mol. The van der Waals surface area contributed by atoms with Crippen molar-refractivity contribution < 1.29 is 22.8 Å². The lowest BCUT2D eigenvalue weighted by Crippen LogP contribution is -2.26. The van der Waals surface area contributed by atoms with E-state index in [4.69, 9.17) is 16.0 Å². The van der Waals surface area contributed by atoms with Crippen molar-refractivity contribution in [3.63, 3.8) is 0 Å². The maximum absolute atomic E-state index is 13.2. The van der Waals surface area contributed by atoms with Crippen LogP contribution in [0.1, 0.15) is 52.8 Å². The number of aromatic nitrogens is 4. The van der Waals surface area contributed by atoms with Crippen LogP contribution in [0.3, 0.4) is 0 Å². The van der Waals surface area contributed by atoms with E-state index in [9.17, 15) is 18.4 Å². The molecule has 0 aliphatic heterocycles. The highest BCUT2D eigenvalue weighted by molar-refractivity contribution is 6.32. The number of nitrogens with one attached hydrogen (secondary N) is 2. The van der Waals surface area contributed by atoms with Crippen LogP contribution < -0.4 is 10.6 Å². The Hall–Kier alpha value is -3.21. The molecule has 164 valence electrons. The Labute approximate surface area is 180 Å². The number of carbonyl (C=O) groups excluding carboxylic acids is 2. The molecule has 9 nitrogen and oxygen atoms in total. The fourth-order valence-corrected chi connectivity index (χ4v) is 3.59. The van der Waals surface area contributed by atoms with Gasteiger partial charge in [-0.15, -0.1) is 0 Å². The van der Waals surface area contributed by atoms with Gasteiger partial charge in [0.15, 0.2) is 5.69 Å². The summed E-state index contributed by atoms with van der Waals surface area (Å²) < 4.78 is 34.1. The van der Waals surface area contributed by atoms with Crippen molar-refractivity contribution in [3.8, 4) is 0 Å². The second kappa shape index (κ2) is 8.50. The third-order valence-corrected chi connectivity index (χ3v) is 5.13. The molecular formula is C19H19ClF2N6O3. The third kappa shape index (κ3) is 4.61. The average molecular weight is 453 g/mol. The number of carbonyl (C=O) groups is 2. The molecule has 31 heavy (non-hydrogen) atoms. The van der Waals surface area contributed by atoms with E-state index in [1.807, 2.05) is 0 Å². The van der Waals surface area contributed by atoms with E-state index in [2.05, 4.69) is 20.8 Å². The molecule has 12 heteroatoms. The topological polar surface area (TPSA) is 107 Å². The standard InChI is InChI=1S/C19H19ClF2N6O3/c1-27-8-12(15(25-27)19(30)23-7-11-3-2-6-31-11)24-13(29)9-28-17(10-4-5-10)14(20)16(26-28)18(21)22/h2-3,6,8,10,18H,4-5,7,9H2,1H3,(H,23,30)(H,24,29). The molecule has 1 aliphatic carbocycles. The summed E-state index contributed by atoms with van der Waals surface area (Å²) in [6.07, 6.45) is 1.74. The lowest BCUT2D eigenvalue weighted by atomic mass is 10.2. The van der Waals surface area contributed by atoms with Crippen LogP contribution in [0.15, 0.2) is 29.0 Å². The number of aryl methyl sites for hydroxylation is 1. The van der Waals surface area contributed by atoms with Crippen molar-refractivity contribution >= 4 is 29.1 Å². The van der Waals surface area contributed by atoms with Gasteiger partial charge in [0.05, 0.1) is 29.2 Å². The van der Waals surface area contributed by atoms with E-state index in [1.165, 1.54) is 21.8 Å². The summed E-state index contributed by atoms with van der Waals surface area (Å²) in [5, 5.41) is 13.1. The molecule has 0 aromatic carbocycles. The van der Waals surface area contributed by atoms with Gasteiger partial charge in [-0.25, -0.2) is 8.78 Å². The molecular weight excluding hydrogens is 434 g/mol. The maximum atomic E-state index is 13.2. The Kier molecular flexibility index (Phi) is 5.77. The minimum atomic E-state index is -2.84. The molecule has 3 aromatic rings. The van der Waals surface area contributed by atoms with Gasteiger partial charge in [0.1, 0.15) is 18.0 Å². The van der Waals surface area contributed by atoms with Crippen molar-refractivity contribution in [2.24, 2.45) is 7.05 Å². The van der Waals surface area contributed by atoms with Gasteiger partial charge < -0.3 is 15.1 Å². The van der Waals surface area contributed by atoms with Crippen LogP contribution in [0.25, 0.3) is 0 Å². The second-order valence-corrected chi connectivity index (χ2v) is 7.57. The number of anilines is 1. The largest absolute Gasteiger partial charge is 0.467 e. The normalized spacial score (nSPS) is 13.6. The molecule has 2 amide bonds. The summed E-state index contributed by atoms with van der Waals surface area (Å²) in [4.78, 5) is 25.1. The molecule has 0 unspecified atom stereocenters. The van der Waals surface area contributed by atoms with Crippen molar-refractivity contribution in [1.82, 2.24) is 24.9 Å². The number of furan rings is 1. The van der Waals surface area contributed by atoms with Gasteiger partial charge >= 0.3 is 0 Å². The van der Waals surface area contributed by atoms with Crippen molar-refractivity contribution in [2.45, 2.75) is 38.3 Å². The second-order valence-electron chi connectivity index (χ2n) is 7.19. The first-order valence-electron chi connectivity index (χ1n) is 9.51. The molecule has 0 bridgehead atoms. The van der Waals surface area contributed by atoms with Crippen molar-refractivity contribution in [3.05, 3.63) is 52.5 Å². The summed E-state index contributed by atoms with van der Waals surface area (Å²) in [6, 6.07) is 3.41. The Morgan fingerprint density at radius 2 is 2.13 bits per heavy atom. The molecule has 1 fully saturated rings. The molecule has 0 saturated heterocycles. The average Bonchev–Trinajstić information content (AvgIpc) is 3.12. The monoisotopic (exact) mass is 452 g/mol. The summed E-state index contributed by atoms with van der Waals surface area (Å²) in [5.74, 6) is -0.474. The molecule has 0 spiro atoms. The number of hydrogen-bond donors (Lipinski definition) is 2. The third-order valence-electron chi connectivity index (χ3n) is 4.74. The zero-order valence-electron chi connectivity index (χ0n) is 16.4. The van der Waals surface area contributed by atoms with Gasteiger partial charge in [-0.05, 0) is 25.0 Å². The Morgan fingerprint density at radius 1 is 1.35 bits per heavy atom. The summed E-state index contributed by atoms with van der Waals surface area (Å²) in [6.45, 7) is -0.163. The van der Waals surface area contributed by atoms with E-state index < -0.39 is 23.9 Å². The van der Waals surface area contributed by atoms with Crippen LogP contribution in [-0.4, -0.2) is 31.4 Å². The number of amides is 2. The van der Waals surface area contributed by atoms with Crippen LogP contribution in [0.4, 0.5) is 14.5 Å². The first-order chi connectivity index (χ1) is 14.8. The van der Waals surface area contributed by atoms with E-state index in [-0.39, 0.29) is 35.4 Å². The van der Waals surface area contributed by atoms with Gasteiger partial charge in [-0.3, -0.25) is 19.0 Å². The van der Waals surface area contributed by atoms with Crippen molar-refractivity contribution in [1.29, 1.82) is 0 Å². The molecule has 2 N–H and O–H groups in total. The van der Waals surface area contributed by atoms with E-state index >= 15 is 0 Å². The Bertz CT molecular complexity index is 1100. The van der Waals surface area contributed by atoms with E-state index in [0.717, 1.165) is 12.8 Å². The molecule has 3 aromatic heterocycles. The first kappa shape index (κ1) is 21.0. The van der Waals surface area contributed by atoms with Gasteiger partial charge in [-0.1, -0.05) is 11.6 Å². The first-order valence-corrected chi connectivity index (χ1v) is 9.89. The fraction of sp³-hybridized carbons (Fsp3) is 0.368. The minimum Gasteiger partial charge on any atom is -0.467 e. The van der Waals surface area contributed by atoms with Crippen LogP contribution in [0, 0.1) is 0 Å². The molecule has 1 saturated carbocycles. The number of nitrogens with zero attached hydrogens (tertiary/aromatic N) is 4. The summed E-state index contributed by atoms with van der Waals surface area (Å²) >= 11 is 6.08. The highest BCUT2D eigenvalue weighted by Crippen LogP contribution is 2.45. The SMILES string of the molecule is Cn1cc(NC(=O)Cn2nc(C(F)F)c(Cl)c2C2CC2)c(C(=O)NCc2ccco2)n1. The molecule has 4 rings (SSSR count). The van der Waals surface area contributed by atoms with E-state index in [0.29, 0.717) is 11.5 Å². The molecule has 3 heterocycles. The number of halogens is 3. The highest BCUT2D eigenvalue weighted by atomic mass is 35.5. The van der Waals surface area contributed by atoms with Crippen LogP contribution in [0.5, 0.6) is 0 Å². The van der Waals surface area contributed by atoms with Crippen LogP contribution >= 0.6 is 11.6 Å². The predicted octanol–water partition coefficient (Wildman–Crippen LogP) is 3.25. The van der Waals surface area contributed by atoms with E-state index in [1.54, 1.807) is 19.2 Å². The Balaban J connectivity index is 1.47. The fourth-order valence-electron chi connectivity index (χ4n) is 3.22. The van der Waals surface area contributed by atoms with Gasteiger partial charge in [-0.2, -0.15) is 10.2 Å².